The summed E-state index contributed by atoms with van der Waals surface area (Å²) in [4.78, 5) is 6.04. The number of fused-ring (bicyclic) bond motifs is 1. The predicted molar refractivity (Wildman–Crippen MR) is 94.3 cm³/mol. The fourth-order valence-corrected chi connectivity index (χ4v) is 3.97. The Hall–Kier alpha value is -0.840. The maximum Gasteiger partial charge on any atom is 0.124 e. The van der Waals surface area contributed by atoms with E-state index in [4.69, 9.17) is 11.6 Å². The van der Waals surface area contributed by atoms with Crippen LogP contribution in [-0.2, 0) is 17.8 Å². The number of nitrogens with zero attached hydrogens (tertiary/aromatic N) is 2. The molecule has 2 heterocycles. The van der Waals surface area contributed by atoms with Crippen LogP contribution >= 0.6 is 38.9 Å². The molecule has 0 aliphatic carbocycles. The van der Waals surface area contributed by atoms with E-state index < -0.39 is 0 Å². The monoisotopic (exact) mass is 382 g/mol. The summed E-state index contributed by atoms with van der Waals surface area (Å²) in [5, 5.41) is 2.13. The van der Waals surface area contributed by atoms with Crippen molar-refractivity contribution in [2.45, 2.75) is 31.7 Å². The van der Waals surface area contributed by atoms with Gasteiger partial charge in [-0.2, -0.15) is 0 Å². The first kappa shape index (κ1) is 15.1. The van der Waals surface area contributed by atoms with Crippen molar-refractivity contribution in [3.8, 4) is 0 Å². The summed E-state index contributed by atoms with van der Waals surface area (Å²) >= 11 is 11.4. The predicted octanol–water partition coefficient (Wildman–Crippen LogP) is 5.58. The van der Waals surface area contributed by atoms with Gasteiger partial charge < -0.3 is 4.57 Å². The molecule has 0 spiro atoms. The zero-order valence-corrected chi connectivity index (χ0v) is 15.1. The molecule has 0 amide bonds. The van der Waals surface area contributed by atoms with E-state index in [1.165, 1.54) is 4.88 Å². The Balaban J connectivity index is 2.07. The van der Waals surface area contributed by atoms with Crippen molar-refractivity contribution in [3.05, 3.63) is 50.9 Å². The molecule has 0 aliphatic heterocycles. The van der Waals surface area contributed by atoms with E-state index in [1.54, 1.807) is 11.3 Å². The first-order chi connectivity index (χ1) is 10.0. The summed E-state index contributed by atoms with van der Waals surface area (Å²) in [6.07, 6.45) is 0. The van der Waals surface area contributed by atoms with Gasteiger partial charge in [-0.05, 0) is 29.6 Å². The maximum atomic E-state index is 6.10. The summed E-state index contributed by atoms with van der Waals surface area (Å²) in [7, 11) is 0. The quantitative estimate of drug-likeness (QED) is 0.538. The van der Waals surface area contributed by atoms with E-state index in [0.717, 1.165) is 27.9 Å². The summed E-state index contributed by atoms with van der Waals surface area (Å²) < 4.78 is 3.28. The Morgan fingerprint density at radius 2 is 2.14 bits per heavy atom. The number of halogens is 2. The molecule has 3 rings (SSSR count). The molecule has 0 atom stereocenters. The van der Waals surface area contributed by atoms with E-state index in [0.29, 0.717) is 5.88 Å². The van der Waals surface area contributed by atoms with Crippen LogP contribution in [0.25, 0.3) is 11.0 Å². The van der Waals surface area contributed by atoms with Crippen LogP contribution in [0, 0.1) is 0 Å². The lowest BCUT2D eigenvalue weighted by Gasteiger charge is -2.25. The van der Waals surface area contributed by atoms with Crippen LogP contribution in [-0.4, -0.2) is 9.55 Å². The minimum atomic E-state index is 0.0513. The van der Waals surface area contributed by atoms with Crippen molar-refractivity contribution >= 4 is 49.9 Å². The van der Waals surface area contributed by atoms with Gasteiger partial charge in [-0.1, -0.05) is 35.8 Å². The Morgan fingerprint density at radius 3 is 2.81 bits per heavy atom. The zero-order chi connectivity index (χ0) is 15.0. The number of hydrogen-bond acceptors (Lipinski definition) is 2. The Kier molecular flexibility index (Phi) is 4.12. The molecule has 0 radical (unpaired) electrons. The standard InChI is InChI=1S/C16H16BrClN2S/c1-16(2,14-4-3-7-21-14)10-20-13-6-5-11(17)8-12(13)19-15(20)9-18/h3-8H,9-10H2,1-2H3. The molecule has 0 saturated heterocycles. The molecule has 0 unspecified atom stereocenters. The van der Waals surface area contributed by atoms with Crippen LogP contribution < -0.4 is 0 Å². The van der Waals surface area contributed by atoms with Gasteiger partial charge in [0.05, 0.1) is 16.9 Å². The number of imidazole rings is 1. The van der Waals surface area contributed by atoms with E-state index >= 15 is 0 Å². The fourth-order valence-electron chi connectivity index (χ4n) is 2.57. The molecular weight excluding hydrogens is 368 g/mol. The Bertz CT molecular complexity index is 762. The van der Waals surface area contributed by atoms with E-state index in [-0.39, 0.29) is 5.41 Å². The fraction of sp³-hybridized carbons (Fsp3) is 0.312. The molecule has 5 heteroatoms. The molecule has 3 aromatic rings. The van der Waals surface area contributed by atoms with E-state index in [2.05, 4.69) is 69.0 Å². The van der Waals surface area contributed by atoms with Crippen LogP contribution in [0.3, 0.4) is 0 Å². The first-order valence-electron chi connectivity index (χ1n) is 6.76. The molecule has 0 N–H and O–H groups in total. The van der Waals surface area contributed by atoms with Crippen LogP contribution in [0.5, 0.6) is 0 Å². The largest absolute Gasteiger partial charge is 0.326 e. The van der Waals surface area contributed by atoms with Gasteiger partial charge in [0.2, 0.25) is 0 Å². The van der Waals surface area contributed by atoms with Gasteiger partial charge in [0, 0.05) is 21.3 Å². The average Bonchev–Trinajstić information content (AvgIpc) is 3.06. The second-order valence-electron chi connectivity index (χ2n) is 5.74. The molecular formula is C16H16BrClN2S. The number of benzene rings is 1. The third-order valence-corrected chi connectivity index (χ3v) is 5.62. The number of alkyl halides is 1. The second kappa shape index (κ2) is 5.75. The topological polar surface area (TPSA) is 17.8 Å². The van der Waals surface area contributed by atoms with Crippen LogP contribution in [0.1, 0.15) is 24.5 Å². The van der Waals surface area contributed by atoms with Gasteiger partial charge in [0.1, 0.15) is 5.82 Å². The Morgan fingerprint density at radius 1 is 1.33 bits per heavy atom. The molecule has 0 saturated carbocycles. The third-order valence-electron chi connectivity index (χ3n) is 3.65. The molecule has 2 aromatic heterocycles. The summed E-state index contributed by atoms with van der Waals surface area (Å²) in [5.41, 5.74) is 2.18. The number of aromatic nitrogens is 2. The highest BCUT2D eigenvalue weighted by Crippen LogP contribution is 2.32. The van der Waals surface area contributed by atoms with Crippen molar-refractivity contribution in [2.75, 3.05) is 0 Å². The highest BCUT2D eigenvalue weighted by molar-refractivity contribution is 9.10. The molecule has 0 fully saturated rings. The molecule has 1 aromatic carbocycles. The lowest BCUT2D eigenvalue weighted by molar-refractivity contribution is 0.443. The highest BCUT2D eigenvalue weighted by atomic mass is 79.9. The van der Waals surface area contributed by atoms with Crippen LogP contribution in [0.2, 0.25) is 0 Å². The van der Waals surface area contributed by atoms with Crippen LogP contribution in [0.4, 0.5) is 0 Å². The van der Waals surface area contributed by atoms with E-state index in [9.17, 15) is 0 Å². The lowest BCUT2D eigenvalue weighted by Crippen LogP contribution is -2.24. The molecule has 110 valence electrons. The minimum absolute atomic E-state index is 0.0513. The highest BCUT2D eigenvalue weighted by Gasteiger charge is 2.24. The van der Waals surface area contributed by atoms with Crippen molar-refractivity contribution in [3.63, 3.8) is 0 Å². The van der Waals surface area contributed by atoms with Crippen molar-refractivity contribution < 1.29 is 0 Å². The average molecular weight is 384 g/mol. The van der Waals surface area contributed by atoms with Gasteiger partial charge in [-0.3, -0.25) is 0 Å². The zero-order valence-electron chi connectivity index (χ0n) is 11.9. The van der Waals surface area contributed by atoms with Crippen LogP contribution in [0.15, 0.2) is 40.2 Å². The maximum absolute atomic E-state index is 6.10. The SMILES string of the molecule is CC(C)(Cn1c(CCl)nc2cc(Br)ccc21)c1cccs1. The molecule has 0 bridgehead atoms. The Labute approximate surface area is 141 Å². The lowest BCUT2D eigenvalue weighted by atomic mass is 9.91. The summed E-state index contributed by atoms with van der Waals surface area (Å²) in [5.74, 6) is 1.35. The van der Waals surface area contributed by atoms with Gasteiger partial charge in [-0.25, -0.2) is 4.98 Å². The van der Waals surface area contributed by atoms with Gasteiger partial charge >= 0.3 is 0 Å². The number of thiophene rings is 1. The second-order valence-corrected chi connectivity index (χ2v) is 7.87. The van der Waals surface area contributed by atoms with Crippen molar-refractivity contribution in [1.82, 2.24) is 9.55 Å². The van der Waals surface area contributed by atoms with Crippen molar-refractivity contribution in [2.24, 2.45) is 0 Å². The molecule has 2 nitrogen and oxygen atoms in total. The summed E-state index contributed by atoms with van der Waals surface area (Å²) in [6, 6.07) is 10.5. The minimum Gasteiger partial charge on any atom is -0.326 e. The smallest absolute Gasteiger partial charge is 0.124 e. The van der Waals surface area contributed by atoms with Gasteiger partial charge in [0.25, 0.3) is 0 Å². The summed E-state index contributed by atoms with van der Waals surface area (Å²) in [6.45, 7) is 5.40. The number of hydrogen-bond donors (Lipinski definition) is 0. The van der Waals surface area contributed by atoms with Crippen molar-refractivity contribution in [1.29, 1.82) is 0 Å². The normalized spacial score (nSPS) is 12.2. The first-order valence-corrected chi connectivity index (χ1v) is 8.96. The van der Waals surface area contributed by atoms with E-state index in [1.807, 2.05) is 6.07 Å². The number of rotatable bonds is 4. The van der Waals surface area contributed by atoms with Gasteiger partial charge in [-0.15, -0.1) is 22.9 Å². The molecule has 0 aliphatic rings. The third kappa shape index (κ3) is 2.89. The molecule has 21 heavy (non-hydrogen) atoms. The van der Waals surface area contributed by atoms with Gasteiger partial charge in [0.15, 0.2) is 0 Å².